The van der Waals surface area contributed by atoms with Gasteiger partial charge in [-0.1, -0.05) is 146 Å². The molecule has 0 aliphatic heterocycles. The zero-order chi connectivity index (χ0) is 54.5. The van der Waals surface area contributed by atoms with Gasteiger partial charge in [0.25, 0.3) is 12.9 Å². The number of pyridine rings is 4. The van der Waals surface area contributed by atoms with Gasteiger partial charge < -0.3 is 9.47 Å². The SMILES string of the molecule is O=COc1ccc(-c2ccc(C[n+]3ccc(-c4cc[n+](-c5ccc(C6(c7ccc(-[n+]8ccc(-c9cc[n+](Cc%10ccc(-c%11ccc(OC=O)cc%11)cc%10)cc9)cc8)cc7)c7ccccc7-c7ccccc76)cc5)cc4)cc3)cc2)cc1. The molecule has 4 aromatic heterocycles. The highest BCUT2D eigenvalue weighted by Gasteiger charge is 2.46. The van der Waals surface area contributed by atoms with Gasteiger partial charge in [0.1, 0.15) is 11.5 Å². The summed E-state index contributed by atoms with van der Waals surface area (Å²) in [6.07, 6.45) is 17.1. The molecule has 12 aromatic rings. The van der Waals surface area contributed by atoms with Crippen LogP contribution >= 0.6 is 0 Å². The number of ether oxygens (including phenoxy) is 2. The van der Waals surface area contributed by atoms with Crippen molar-refractivity contribution in [1.29, 1.82) is 0 Å². The van der Waals surface area contributed by atoms with E-state index in [0.29, 0.717) is 24.4 Å². The van der Waals surface area contributed by atoms with E-state index in [0.717, 1.165) is 69.0 Å². The molecule has 0 spiro atoms. The molecule has 0 atom stereocenters. The second-order valence-corrected chi connectivity index (χ2v) is 20.3. The third kappa shape index (κ3) is 9.98. The highest BCUT2D eigenvalue weighted by Crippen LogP contribution is 2.56. The number of hydrogen-bond acceptors (Lipinski definition) is 4. The summed E-state index contributed by atoms with van der Waals surface area (Å²) < 4.78 is 18.6. The molecular weight excluding hydrogens is 997 g/mol. The van der Waals surface area contributed by atoms with Gasteiger partial charge in [-0.2, -0.15) is 9.13 Å². The summed E-state index contributed by atoms with van der Waals surface area (Å²) >= 11 is 0. The van der Waals surface area contributed by atoms with E-state index in [1.807, 2.05) is 24.3 Å². The lowest BCUT2D eigenvalue weighted by atomic mass is 9.67. The molecule has 8 aromatic carbocycles. The molecular formula is C73H54N4O4+4. The average molecular weight is 1050 g/mol. The average Bonchev–Trinajstić information content (AvgIpc) is 4.10. The molecule has 0 unspecified atom stereocenters. The fraction of sp³-hybridized carbons (Fsp3) is 0.0411. The van der Waals surface area contributed by atoms with Crippen molar-refractivity contribution in [2.24, 2.45) is 0 Å². The maximum atomic E-state index is 10.7. The first-order valence-electron chi connectivity index (χ1n) is 27.0. The van der Waals surface area contributed by atoms with Crippen LogP contribution in [0.15, 0.2) is 292 Å². The Balaban J connectivity index is 0.700. The predicted molar refractivity (Wildman–Crippen MR) is 313 cm³/mol. The monoisotopic (exact) mass is 1050 g/mol. The second-order valence-electron chi connectivity index (χ2n) is 20.3. The van der Waals surface area contributed by atoms with Crippen LogP contribution in [0.2, 0.25) is 0 Å². The van der Waals surface area contributed by atoms with Crippen molar-refractivity contribution in [2.75, 3.05) is 0 Å². The van der Waals surface area contributed by atoms with Gasteiger partial charge in [0.05, 0.1) is 5.41 Å². The number of aromatic nitrogens is 4. The van der Waals surface area contributed by atoms with Crippen molar-refractivity contribution >= 4 is 12.9 Å². The zero-order valence-electron chi connectivity index (χ0n) is 44.2. The van der Waals surface area contributed by atoms with Gasteiger partial charge in [-0.25, -0.2) is 9.13 Å². The van der Waals surface area contributed by atoms with E-state index in [1.165, 1.54) is 44.5 Å². The lowest BCUT2D eigenvalue weighted by molar-refractivity contribution is -0.688. The summed E-state index contributed by atoms with van der Waals surface area (Å²) in [5, 5.41) is 0. The Bertz CT molecular complexity index is 3890. The highest BCUT2D eigenvalue weighted by atomic mass is 16.5. The molecule has 0 fully saturated rings. The molecule has 0 bridgehead atoms. The molecule has 0 amide bonds. The first kappa shape index (κ1) is 49.8. The van der Waals surface area contributed by atoms with Gasteiger partial charge >= 0.3 is 0 Å². The van der Waals surface area contributed by atoms with E-state index < -0.39 is 5.41 Å². The summed E-state index contributed by atoms with van der Waals surface area (Å²) in [4.78, 5) is 21.3. The van der Waals surface area contributed by atoms with Crippen molar-refractivity contribution in [3.05, 3.63) is 326 Å². The number of benzene rings is 8. The first-order valence-corrected chi connectivity index (χ1v) is 27.0. The lowest BCUT2D eigenvalue weighted by Crippen LogP contribution is -2.33. The Kier molecular flexibility index (Phi) is 13.5. The lowest BCUT2D eigenvalue weighted by Gasteiger charge is -2.33. The molecule has 81 heavy (non-hydrogen) atoms. The second kappa shape index (κ2) is 22.0. The summed E-state index contributed by atoms with van der Waals surface area (Å²) in [5.74, 6) is 1.06. The van der Waals surface area contributed by atoms with Crippen molar-refractivity contribution in [2.45, 2.75) is 18.5 Å². The molecule has 8 heteroatoms. The summed E-state index contributed by atoms with van der Waals surface area (Å²) in [7, 11) is 0. The zero-order valence-corrected chi connectivity index (χ0v) is 44.2. The van der Waals surface area contributed by atoms with Crippen LogP contribution in [-0.4, -0.2) is 12.9 Å². The van der Waals surface area contributed by atoms with Crippen LogP contribution in [0.3, 0.4) is 0 Å². The Morgan fingerprint density at radius 1 is 0.309 bits per heavy atom. The first-order chi connectivity index (χ1) is 40.0. The summed E-state index contributed by atoms with van der Waals surface area (Å²) in [5.41, 5.74) is 20.5. The van der Waals surface area contributed by atoms with Gasteiger partial charge in [0.2, 0.25) is 11.4 Å². The maximum absolute atomic E-state index is 10.7. The smallest absolute Gasteiger partial charge is 0.298 e. The van der Waals surface area contributed by atoms with Crippen LogP contribution in [-0.2, 0) is 28.1 Å². The minimum atomic E-state index is -0.529. The standard InChI is InChI=1S/C73H54N4O4/c78-51-80-67-29-17-57(18-30-67)55-13-9-53(10-14-55)49-74-41-33-59(34-42-74)61-37-45-76(46-38-61)65-25-21-63(22-26-65)73(71-7-3-1-5-69(71)70-6-2-4-8-72(70)73)64-23-27-66(28-24-64)77-47-39-62(40-48-77)60-35-43-75(44-36-60)50-54-11-15-56(16-12-54)58-19-31-68(32-20-58)81-52-79/h1-48,51-52H,49-50H2/q+4. The summed E-state index contributed by atoms with van der Waals surface area (Å²) in [6, 6.07) is 85.5. The molecule has 386 valence electrons. The van der Waals surface area contributed by atoms with Crippen molar-refractivity contribution in [3.63, 3.8) is 0 Å². The van der Waals surface area contributed by atoms with Crippen LogP contribution < -0.4 is 27.7 Å². The molecule has 13 rings (SSSR count). The van der Waals surface area contributed by atoms with Crippen LogP contribution in [0.5, 0.6) is 11.5 Å². The van der Waals surface area contributed by atoms with Crippen molar-refractivity contribution < 1.29 is 37.3 Å². The highest BCUT2D eigenvalue weighted by molar-refractivity contribution is 5.86. The number of hydrogen-bond donors (Lipinski definition) is 0. The number of fused-ring (bicyclic) bond motifs is 3. The fourth-order valence-electron chi connectivity index (χ4n) is 11.5. The van der Waals surface area contributed by atoms with E-state index in [1.54, 1.807) is 24.3 Å². The molecule has 0 N–H and O–H groups in total. The van der Waals surface area contributed by atoms with E-state index in [4.69, 9.17) is 9.47 Å². The number of nitrogens with zero attached hydrogens (tertiary/aromatic N) is 4. The molecule has 0 saturated carbocycles. The Morgan fingerprint density at radius 3 is 0.938 bits per heavy atom. The van der Waals surface area contributed by atoms with E-state index in [9.17, 15) is 9.59 Å². The molecule has 8 nitrogen and oxygen atoms in total. The Morgan fingerprint density at radius 2 is 0.605 bits per heavy atom. The van der Waals surface area contributed by atoms with Crippen LogP contribution in [0.1, 0.15) is 33.4 Å². The normalized spacial score (nSPS) is 12.0. The predicted octanol–water partition coefficient (Wildman–Crippen LogP) is 13.0. The van der Waals surface area contributed by atoms with E-state index in [-0.39, 0.29) is 0 Å². The Labute approximate surface area is 470 Å². The summed E-state index contributed by atoms with van der Waals surface area (Å²) in [6.45, 7) is 2.40. The molecule has 1 aliphatic rings. The van der Waals surface area contributed by atoms with Crippen LogP contribution in [0, 0.1) is 0 Å². The molecule has 0 saturated heterocycles. The quantitative estimate of drug-likeness (QED) is 0.0714. The van der Waals surface area contributed by atoms with Crippen molar-refractivity contribution in [3.8, 4) is 78.5 Å². The van der Waals surface area contributed by atoms with Crippen molar-refractivity contribution in [1.82, 2.24) is 0 Å². The topological polar surface area (TPSA) is 68.1 Å². The third-order valence-electron chi connectivity index (χ3n) is 15.6. The van der Waals surface area contributed by atoms with Gasteiger partial charge in [-0.15, -0.1) is 0 Å². The van der Waals surface area contributed by atoms with E-state index >= 15 is 0 Å². The molecule has 1 aliphatic carbocycles. The van der Waals surface area contributed by atoms with E-state index in [2.05, 4.69) is 262 Å². The van der Waals surface area contributed by atoms with Gasteiger partial charge in [0.15, 0.2) is 62.7 Å². The third-order valence-corrected chi connectivity index (χ3v) is 15.6. The van der Waals surface area contributed by atoms with Gasteiger partial charge in [0, 0.05) is 83.9 Å². The number of rotatable bonds is 16. The maximum Gasteiger partial charge on any atom is 0.298 e. The largest absolute Gasteiger partial charge is 0.429 e. The number of carbonyl (C=O) groups is 2. The van der Waals surface area contributed by atoms with Crippen LogP contribution in [0.25, 0.3) is 67.0 Å². The number of carbonyl (C=O) groups excluding carboxylic acids is 2. The fourth-order valence-corrected chi connectivity index (χ4v) is 11.5. The molecule has 0 radical (unpaired) electrons. The Hall–Kier alpha value is -10.7. The molecule has 4 heterocycles. The van der Waals surface area contributed by atoms with Crippen LogP contribution in [0.4, 0.5) is 0 Å². The van der Waals surface area contributed by atoms with Gasteiger partial charge in [-0.05, 0) is 102 Å². The minimum Gasteiger partial charge on any atom is -0.429 e. The van der Waals surface area contributed by atoms with Gasteiger partial charge in [-0.3, -0.25) is 9.59 Å². The minimum absolute atomic E-state index is 0.443.